The highest BCUT2D eigenvalue weighted by Crippen LogP contribution is 2.42. The summed E-state index contributed by atoms with van der Waals surface area (Å²) in [6.07, 6.45) is 4.04. The lowest BCUT2D eigenvalue weighted by atomic mass is 9.94. The van der Waals surface area contributed by atoms with Gasteiger partial charge in [0.15, 0.2) is 0 Å². The van der Waals surface area contributed by atoms with Crippen molar-refractivity contribution in [1.82, 2.24) is 0 Å². The molecule has 0 aromatic rings. The molecule has 0 aromatic heterocycles. The predicted molar refractivity (Wildman–Crippen MR) is 45.9 cm³/mol. The number of hydrogen-bond donors (Lipinski definition) is 0. The molecule has 0 bridgehead atoms. The highest BCUT2D eigenvalue weighted by molar-refractivity contribution is 5.94. The van der Waals surface area contributed by atoms with Crippen LogP contribution in [0.1, 0.15) is 19.3 Å². The number of Topliss-reactive ketones (excluding diaryl/α,β-unsaturated/α-hetero) is 1. The fraction of sp³-hybridized carbons (Fsp3) is 0.600. The smallest absolute Gasteiger partial charge is 0.333 e. The maximum atomic E-state index is 11.3. The molecule has 0 radical (unpaired) electrons. The monoisotopic (exact) mass is 180 g/mol. The van der Waals surface area contributed by atoms with E-state index in [1.54, 1.807) is 0 Å². The van der Waals surface area contributed by atoms with Crippen LogP contribution in [-0.4, -0.2) is 18.9 Å². The fourth-order valence-corrected chi connectivity index (χ4v) is 2.33. The fourth-order valence-electron chi connectivity index (χ4n) is 2.33. The molecule has 3 heteroatoms. The minimum absolute atomic E-state index is 0.0779. The normalized spacial score (nSPS) is 31.5. The molecule has 0 aromatic carbocycles. The summed E-state index contributed by atoms with van der Waals surface area (Å²) >= 11 is 0. The Morgan fingerprint density at radius 1 is 1.54 bits per heavy atom. The SMILES string of the molecule is COC(=O)C1=CC[C@H]2C(=O)CC[C@@H]12. The van der Waals surface area contributed by atoms with Gasteiger partial charge in [-0.15, -0.1) is 0 Å². The lowest BCUT2D eigenvalue weighted by molar-refractivity contribution is -0.136. The molecule has 0 spiro atoms. The van der Waals surface area contributed by atoms with E-state index in [0.717, 1.165) is 18.4 Å². The van der Waals surface area contributed by atoms with Gasteiger partial charge in [0.25, 0.3) is 0 Å². The van der Waals surface area contributed by atoms with Gasteiger partial charge in [0.2, 0.25) is 0 Å². The number of esters is 1. The predicted octanol–water partition coefficient (Wildman–Crippen LogP) is 1.08. The van der Waals surface area contributed by atoms with Crippen molar-refractivity contribution in [2.24, 2.45) is 11.8 Å². The topological polar surface area (TPSA) is 43.4 Å². The van der Waals surface area contributed by atoms with E-state index >= 15 is 0 Å². The molecule has 70 valence electrons. The van der Waals surface area contributed by atoms with E-state index in [2.05, 4.69) is 4.74 Å². The summed E-state index contributed by atoms with van der Waals surface area (Å²) < 4.78 is 4.66. The van der Waals surface area contributed by atoms with Gasteiger partial charge in [-0.3, -0.25) is 4.79 Å². The van der Waals surface area contributed by atoms with Gasteiger partial charge >= 0.3 is 5.97 Å². The molecule has 1 fully saturated rings. The van der Waals surface area contributed by atoms with E-state index < -0.39 is 0 Å². The van der Waals surface area contributed by atoms with Crippen LogP contribution in [0.5, 0.6) is 0 Å². The number of ketones is 1. The summed E-state index contributed by atoms with van der Waals surface area (Å²) in [5.41, 5.74) is 0.721. The van der Waals surface area contributed by atoms with E-state index in [-0.39, 0.29) is 17.8 Å². The first-order valence-corrected chi connectivity index (χ1v) is 4.55. The van der Waals surface area contributed by atoms with Crippen molar-refractivity contribution >= 4 is 11.8 Å². The van der Waals surface area contributed by atoms with Gasteiger partial charge in [-0.05, 0) is 12.8 Å². The molecule has 0 N–H and O–H groups in total. The van der Waals surface area contributed by atoms with Gasteiger partial charge in [0.1, 0.15) is 5.78 Å². The molecule has 13 heavy (non-hydrogen) atoms. The van der Waals surface area contributed by atoms with Gasteiger partial charge in [-0.25, -0.2) is 4.79 Å². The quantitative estimate of drug-likeness (QED) is 0.567. The van der Waals surface area contributed by atoms with Crippen molar-refractivity contribution in [2.75, 3.05) is 7.11 Å². The maximum absolute atomic E-state index is 11.3. The summed E-state index contributed by atoms with van der Waals surface area (Å²) in [6, 6.07) is 0. The maximum Gasteiger partial charge on any atom is 0.333 e. The van der Waals surface area contributed by atoms with Crippen LogP contribution in [0.2, 0.25) is 0 Å². The summed E-state index contributed by atoms with van der Waals surface area (Å²) in [5, 5.41) is 0. The number of methoxy groups -OCH3 is 1. The Labute approximate surface area is 76.8 Å². The van der Waals surface area contributed by atoms with Crippen molar-refractivity contribution in [3.8, 4) is 0 Å². The lowest BCUT2D eigenvalue weighted by Gasteiger charge is -2.10. The van der Waals surface area contributed by atoms with Crippen molar-refractivity contribution in [3.63, 3.8) is 0 Å². The number of carbonyl (C=O) groups excluding carboxylic acids is 2. The van der Waals surface area contributed by atoms with Gasteiger partial charge < -0.3 is 4.74 Å². The van der Waals surface area contributed by atoms with E-state index in [1.165, 1.54) is 7.11 Å². The van der Waals surface area contributed by atoms with Crippen LogP contribution >= 0.6 is 0 Å². The third-order valence-electron chi connectivity index (χ3n) is 3.01. The zero-order valence-corrected chi connectivity index (χ0v) is 7.58. The molecule has 0 unspecified atom stereocenters. The zero-order chi connectivity index (χ0) is 9.42. The highest BCUT2D eigenvalue weighted by atomic mass is 16.5. The standard InChI is InChI=1S/C10H12O3/c1-13-10(12)8-3-2-7-6(8)4-5-9(7)11/h3,6-7H,2,4-5H2,1H3/t6-,7-/m1/s1. The first-order valence-electron chi connectivity index (χ1n) is 4.55. The summed E-state index contributed by atoms with van der Waals surface area (Å²) in [6.45, 7) is 0. The highest BCUT2D eigenvalue weighted by Gasteiger charge is 2.42. The van der Waals surface area contributed by atoms with E-state index in [4.69, 9.17) is 0 Å². The number of fused-ring (bicyclic) bond motifs is 1. The molecule has 2 aliphatic carbocycles. The van der Waals surface area contributed by atoms with Crippen molar-refractivity contribution in [1.29, 1.82) is 0 Å². The van der Waals surface area contributed by atoms with E-state index in [1.807, 2.05) is 6.08 Å². The average molecular weight is 180 g/mol. The van der Waals surface area contributed by atoms with Crippen LogP contribution < -0.4 is 0 Å². The zero-order valence-electron chi connectivity index (χ0n) is 7.58. The first kappa shape index (κ1) is 8.48. The van der Waals surface area contributed by atoms with Gasteiger partial charge in [-0.2, -0.15) is 0 Å². The molecule has 1 saturated carbocycles. The number of rotatable bonds is 1. The minimum Gasteiger partial charge on any atom is -0.466 e. The van der Waals surface area contributed by atoms with Crippen molar-refractivity contribution < 1.29 is 14.3 Å². The first-order chi connectivity index (χ1) is 6.24. The van der Waals surface area contributed by atoms with Crippen molar-refractivity contribution in [3.05, 3.63) is 11.6 Å². The number of hydrogen-bond acceptors (Lipinski definition) is 3. The lowest BCUT2D eigenvalue weighted by Crippen LogP contribution is -2.15. The number of allylic oxidation sites excluding steroid dienone is 1. The Hall–Kier alpha value is -1.12. The molecule has 3 nitrogen and oxygen atoms in total. The second-order valence-corrected chi connectivity index (χ2v) is 3.60. The molecule has 0 amide bonds. The van der Waals surface area contributed by atoms with Crippen LogP contribution in [0, 0.1) is 11.8 Å². The number of ether oxygens (including phenoxy) is 1. The second-order valence-electron chi connectivity index (χ2n) is 3.60. The second kappa shape index (κ2) is 2.98. The molecule has 0 saturated heterocycles. The van der Waals surface area contributed by atoms with Crippen LogP contribution in [0.4, 0.5) is 0 Å². The van der Waals surface area contributed by atoms with Crippen LogP contribution in [0.25, 0.3) is 0 Å². The molecule has 0 aliphatic heterocycles. The Kier molecular flexibility index (Phi) is 1.94. The Balaban J connectivity index is 2.17. The molecular weight excluding hydrogens is 168 g/mol. The average Bonchev–Trinajstić information content (AvgIpc) is 2.68. The summed E-state index contributed by atoms with van der Waals surface area (Å²) in [4.78, 5) is 22.6. The van der Waals surface area contributed by atoms with Crippen LogP contribution in [0.3, 0.4) is 0 Å². The Bertz CT molecular complexity index is 291. The molecule has 2 rings (SSSR count). The summed E-state index contributed by atoms with van der Waals surface area (Å²) in [7, 11) is 1.38. The third kappa shape index (κ3) is 1.19. The van der Waals surface area contributed by atoms with Gasteiger partial charge in [0, 0.05) is 23.8 Å². The largest absolute Gasteiger partial charge is 0.466 e. The summed E-state index contributed by atoms with van der Waals surface area (Å²) in [5.74, 6) is 0.274. The van der Waals surface area contributed by atoms with Crippen molar-refractivity contribution in [2.45, 2.75) is 19.3 Å². The van der Waals surface area contributed by atoms with Crippen LogP contribution in [0.15, 0.2) is 11.6 Å². The third-order valence-corrected chi connectivity index (χ3v) is 3.01. The molecule has 2 atom stereocenters. The Morgan fingerprint density at radius 2 is 2.31 bits per heavy atom. The van der Waals surface area contributed by atoms with Crippen LogP contribution in [-0.2, 0) is 14.3 Å². The molecule has 0 heterocycles. The minimum atomic E-state index is -0.262. The number of carbonyl (C=O) groups is 2. The molecular formula is C10H12O3. The molecule has 2 aliphatic rings. The van der Waals surface area contributed by atoms with E-state index in [9.17, 15) is 9.59 Å². The Morgan fingerprint density at radius 3 is 3.00 bits per heavy atom. The van der Waals surface area contributed by atoms with E-state index in [0.29, 0.717) is 12.2 Å². The van der Waals surface area contributed by atoms with Gasteiger partial charge in [0.05, 0.1) is 7.11 Å². The van der Waals surface area contributed by atoms with Gasteiger partial charge in [-0.1, -0.05) is 6.08 Å².